The van der Waals surface area contributed by atoms with Crippen LogP contribution in [0.2, 0.25) is 5.02 Å². The molecule has 1 aliphatic rings. The summed E-state index contributed by atoms with van der Waals surface area (Å²) in [6.45, 7) is 0.780. The third-order valence-corrected chi connectivity index (χ3v) is 4.31. The molecular formula is C17H17ClN4O2. The summed E-state index contributed by atoms with van der Waals surface area (Å²) in [6.07, 6.45) is 1.07. The van der Waals surface area contributed by atoms with E-state index in [0.717, 1.165) is 0 Å². The lowest BCUT2D eigenvalue weighted by Gasteiger charge is -2.33. The zero-order valence-electron chi connectivity index (χ0n) is 13.1. The van der Waals surface area contributed by atoms with Crippen LogP contribution in [-0.4, -0.2) is 47.8 Å². The number of amides is 2. The Balaban J connectivity index is 1.94. The van der Waals surface area contributed by atoms with E-state index in [2.05, 4.69) is 0 Å². The van der Waals surface area contributed by atoms with Gasteiger partial charge in [-0.25, -0.2) is 0 Å². The maximum atomic E-state index is 12.4. The molecule has 24 heavy (non-hydrogen) atoms. The molecule has 7 heteroatoms. The summed E-state index contributed by atoms with van der Waals surface area (Å²) in [4.78, 5) is 27.8. The summed E-state index contributed by atoms with van der Waals surface area (Å²) < 4.78 is 0. The number of halogens is 1. The van der Waals surface area contributed by atoms with E-state index in [1.807, 2.05) is 12.1 Å². The fourth-order valence-electron chi connectivity index (χ4n) is 2.75. The van der Waals surface area contributed by atoms with Gasteiger partial charge in [-0.3, -0.25) is 9.59 Å². The molecule has 1 aromatic carbocycles. The Hall–Kier alpha value is -2.57. The molecule has 0 aliphatic carbocycles. The van der Waals surface area contributed by atoms with E-state index in [-0.39, 0.29) is 30.8 Å². The van der Waals surface area contributed by atoms with Gasteiger partial charge < -0.3 is 9.80 Å². The fourth-order valence-corrected chi connectivity index (χ4v) is 2.87. The molecule has 1 saturated heterocycles. The third kappa shape index (κ3) is 4.24. The van der Waals surface area contributed by atoms with E-state index in [0.29, 0.717) is 36.5 Å². The van der Waals surface area contributed by atoms with E-state index in [9.17, 15) is 9.59 Å². The van der Waals surface area contributed by atoms with Gasteiger partial charge in [-0.2, -0.15) is 10.5 Å². The monoisotopic (exact) mass is 344 g/mol. The van der Waals surface area contributed by atoms with Gasteiger partial charge in [0.05, 0.1) is 12.1 Å². The van der Waals surface area contributed by atoms with Crippen molar-refractivity contribution in [3.63, 3.8) is 0 Å². The van der Waals surface area contributed by atoms with E-state index in [1.165, 1.54) is 4.90 Å². The first-order chi connectivity index (χ1) is 11.6. The lowest BCUT2D eigenvalue weighted by atomic mass is 9.94. The van der Waals surface area contributed by atoms with Crippen LogP contribution in [0.5, 0.6) is 0 Å². The highest BCUT2D eigenvalue weighted by molar-refractivity contribution is 6.30. The van der Waals surface area contributed by atoms with Gasteiger partial charge in [0.2, 0.25) is 5.91 Å². The number of rotatable bonds is 4. The van der Waals surface area contributed by atoms with Crippen molar-refractivity contribution in [3.8, 4) is 12.1 Å². The van der Waals surface area contributed by atoms with Gasteiger partial charge >= 0.3 is 0 Å². The van der Waals surface area contributed by atoms with Crippen molar-refractivity contribution in [3.05, 3.63) is 34.9 Å². The number of likely N-dealkylation sites (tertiary alicyclic amines) is 1. The molecule has 0 radical (unpaired) electrons. The highest BCUT2D eigenvalue weighted by Crippen LogP contribution is 2.21. The molecule has 0 N–H and O–H groups in total. The largest absolute Gasteiger partial charge is 0.339 e. The maximum absolute atomic E-state index is 12.4. The van der Waals surface area contributed by atoms with Crippen LogP contribution < -0.4 is 0 Å². The number of nitrogens with zero attached hydrogens (tertiary/aromatic N) is 4. The second-order valence-corrected chi connectivity index (χ2v) is 6.02. The molecule has 1 fully saturated rings. The zero-order valence-corrected chi connectivity index (χ0v) is 13.9. The first-order valence-corrected chi connectivity index (χ1v) is 8.02. The third-order valence-electron chi connectivity index (χ3n) is 4.06. The van der Waals surface area contributed by atoms with Crippen LogP contribution in [0.4, 0.5) is 0 Å². The van der Waals surface area contributed by atoms with Crippen LogP contribution in [0.15, 0.2) is 24.3 Å². The summed E-state index contributed by atoms with van der Waals surface area (Å²) in [5, 5.41) is 18.1. The van der Waals surface area contributed by atoms with E-state index < -0.39 is 0 Å². The van der Waals surface area contributed by atoms with Crippen molar-refractivity contribution in [2.75, 3.05) is 26.2 Å². The number of nitriles is 2. The standard InChI is InChI=1S/C17H17ClN4O2/c18-15-3-1-13(2-4-15)16(23)21-9-5-14(6-10-21)17(24)22(11-7-19)12-8-20/h1-4,14H,5-6,9-12H2. The highest BCUT2D eigenvalue weighted by atomic mass is 35.5. The molecular weight excluding hydrogens is 328 g/mol. The lowest BCUT2D eigenvalue weighted by molar-refractivity contribution is -0.135. The average molecular weight is 345 g/mol. The summed E-state index contributed by atoms with van der Waals surface area (Å²) in [6, 6.07) is 10.5. The molecule has 0 atom stereocenters. The van der Waals surface area contributed by atoms with Crippen LogP contribution in [0.25, 0.3) is 0 Å². The Morgan fingerprint density at radius 2 is 1.67 bits per heavy atom. The Labute approximate surface area is 145 Å². The van der Waals surface area contributed by atoms with Crippen LogP contribution in [0.3, 0.4) is 0 Å². The van der Waals surface area contributed by atoms with Crippen molar-refractivity contribution < 1.29 is 9.59 Å². The molecule has 124 valence electrons. The Kier molecular flexibility index (Phi) is 6.17. The SMILES string of the molecule is N#CCN(CC#N)C(=O)C1CCN(C(=O)c2ccc(Cl)cc2)CC1. The quantitative estimate of drug-likeness (QED) is 0.782. The van der Waals surface area contributed by atoms with Crippen molar-refractivity contribution in [1.82, 2.24) is 9.80 Å². The van der Waals surface area contributed by atoms with E-state index >= 15 is 0 Å². The van der Waals surface area contributed by atoms with Crippen LogP contribution in [0, 0.1) is 28.6 Å². The van der Waals surface area contributed by atoms with Gasteiger partial charge in [0.25, 0.3) is 5.91 Å². The summed E-state index contributed by atoms with van der Waals surface area (Å²) in [7, 11) is 0. The van der Waals surface area contributed by atoms with E-state index in [4.69, 9.17) is 22.1 Å². The van der Waals surface area contributed by atoms with Crippen molar-refractivity contribution in [2.45, 2.75) is 12.8 Å². The Morgan fingerprint density at radius 1 is 1.12 bits per heavy atom. The van der Waals surface area contributed by atoms with Crippen molar-refractivity contribution in [1.29, 1.82) is 10.5 Å². The maximum Gasteiger partial charge on any atom is 0.253 e. The van der Waals surface area contributed by atoms with Gasteiger partial charge in [0.1, 0.15) is 13.1 Å². The number of carbonyl (C=O) groups is 2. The van der Waals surface area contributed by atoms with Crippen LogP contribution in [0.1, 0.15) is 23.2 Å². The van der Waals surface area contributed by atoms with Crippen LogP contribution >= 0.6 is 11.6 Å². The zero-order chi connectivity index (χ0) is 17.5. The van der Waals surface area contributed by atoms with Gasteiger partial charge in [0.15, 0.2) is 0 Å². The molecule has 2 rings (SSSR count). The van der Waals surface area contributed by atoms with Gasteiger partial charge in [0, 0.05) is 29.6 Å². The summed E-state index contributed by atoms with van der Waals surface area (Å²) >= 11 is 5.82. The Morgan fingerprint density at radius 3 is 2.17 bits per heavy atom. The molecule has 0 aromatic heterocycles. The van der Waals surface area contributed by atoms with Crippen LogP contribution in [-0.2, 0) is 4.79 Å². The van der Waals surface area contributed by atoms with E-state index in [1.54, 1.807) is 29.2 Å². The molecule has 0 saturated carbocycles. The number of carbonyl (C=O) groups excluding carboxylic acids is 2. The molecule has 0 spiro atoms. The Bertz CT molecular complexity index is 666. The molecule has 0 unspecified atom stereocenters. The first kappa shape index (κ1) is 17.8. The lowest BCUT2D eigenvalue weighted by Crippen LogP contribution is -2.44. The minimum atomic E-state index is -0.249. The highest BCUT2D eigenvalue weighted by Gasteiger charge is 2.30. The summed E-state index contributed by atoms with van der Waals surface area (Å²) in [5.41, 5.74) is 0.569. The smallest absolute Gasteiger partial charge is 0.253 e. The molecule has 2 amide bonds. The number of hydrogen-bond donors (Lipinski definition) is 0. The predicted molar refractivity (Wildman–Crippen MR) is 87.9 cm³/mol. The summed E-state index contributed by atoms with van der Waals surface area (Å²) in [5.74, 6) is -0.513. The molecule has 1 heterocycles. The van der Waals surface area contributed by atoms with Crippen molar-refractivity contribution in [2.24, 2.45) is 5.92 Å². The number of benzene rings is 1. The first-order valence-electron chi connectivity index (χ1n) is 7.64. The minimum absolute atomic E-state index is 0.0801. The topological polar surface area (TPSA) is 88.2 Å². The average Bonchev–Trinajstić information content (AvgIpc) is 2.61. The van der Waals surface area contributed by atoms with Crippen molar-refractivity contribution >= 4 is 23.4 Å². The minimum Gasteiger partial charge on any atom is -0.339 e. The second kappa shape index (κ2) is 8.33. The molecule has 0 bridgehead atoms. The normalized spacial score (nSPS) is 14.5. The van der Waals surface area contributed by atoms with Gasteiger partial charge in [-0.1, -0.05) is 11.6 Å². The molecule has 6 nitrogen and oxygen atoms in total. The fraction of sp³-hybridized carbons (Fsp3) is 0.412. The number of hydrogen-bond acceptors (Lipinski definition) is 4. The molecule has 1 aliphatic heterocycles. The molecule has 1 aromatic rings. The second-order valence-electron chi connectivity index (χ2n) is 5.58. The van der Waals surface area contributed by atoms with Gasteiger partial charge in [-0.05, 0) is 37.1 Å². The predicted octanol–water partition coefficient (Wildman–Crippen LogP) is 2.07. The number of piperidine rings is 1. The van der Waals surface area contributed by atoms with Gasteiger partial charge in [-0.15, -0.1) is 0 Å².